The summed E-state index contributed by atoms with van der Waals surface area (Å²) in [4.78, 5) is 0. The largest absolute Gasteiger partial charge is 0.442 e. The minimum atomic E-state index is -2.12. The van der Waals surface area contributed by atoms with E-state index in [1.807, 2.05) is 0 Å². The second-order valence-electron chi connectivity index (χ2n) is 5.94. The van der Waals surface area contributed by atoms with Crippen LogP contribution in [0.3, 0.4) is 0 Å². The maximum absolute atomic E-state index is 6.23. The Hall–Kier alpha value is 0.924. The summed E-state index contributed by atoms with van der Waals surface area (Å²) in [6, 6.07) is 0. The van der Waals surface area contributed by atoms with Crippen LogP contribution in [0.25, 0.3) is 0 Å². The van der Waals surface area contributed by atoms with E-state index in [0.29, 0.717) is 0 Å². The highest BCUT2D eigenvalue weighted by molar-refractivity contribution is 6.84. The third-order valence-corrected chi connectivity index (χ3v) is 17.3. The number of rotatable bonds is 8. The van der Waals surface area contributed by atoms with Gasteiger partial charge in [0.1, 0.15) is 0 Å². The topological polar surface area (TPSA) is 36.9 Å². The summed E-state index contributed by atoms with van der Waals surface area (Å²) in [6.45, 7) is 19.2. The highest BCUT2D eigenvalue weighted by Gasteiger charge is 2.38. The quantitative estimate of drug-likeness (QED) is 0.634. The third-order valence-electron chi connectivity index (χ3n) is 1.92. The van der Waals surface area contributed by atoms with Crippen molar-refractivity contribution in [3.05, 3.63) is 0 Å². The zero-order valence-electron chi connectivity index (χ0n) is 13.4. The van der Waals surface area contributed by atoms with Crippen LogP contribution in [0.1, 0.15) is 0 Å². The van der Waals surface area contributed by atoms with Crippen LogP contribution in [0.15, 0.2) is 0 Å². The van der Waals surface area contributed by atoms with Gasteiger partial charge in [0.25, 0.3) is 9.28 Å². The lowest BCUT2D eigenvalue weighted by atomic mass is 11.9. The van der Waals surface area contributed by atoms with Crippen molar-refractivity contribution < 1.29 is 16.5 Å². The average Bonchev–Trinajstić information content (AvgIpc) is 1.92. The summed E-state index contributed by atoms with van der Waals surface area (Å²) in [7, 11) is -7.74. The fourth-order valence-corrected chi connectivity index (χ4v) is 19.5. The number of hydrogen-bond donors (Lipinski definition) is 0. The van der Waals surface area contributed by atoms with Gasteiger partial charge in [0.2, 0.25) is 0 Å². The van der Waals surface area contributed by atoms with Crippen molar-refractivity contribution >= 4 is 44.5 Å². The molecule has 0 fully saturated rings. The summed E-state index contributed by atoms with van der Waals surface area (Å²) < 4.78 is 24.2. The molecule has 1 unspecified atom stereocenters. The van der Waals surface area contributed by atoms with E-state index in [1.54, 1.807) is 0 Å². The van der Waals surface area contributed by atoms with E-state index in [4.69, 9.17) is 16.5 Å². The molecule has 9 heteroatoms. The van der Waals surface area contributed by atoms with Crippen molar-refractivity contribution in [2.24, 2.45) is 0 Å². The summed E-state index contributed by atoms with van der Waals surface area (Å²) in [5.41, 5.74) is 0. The maximum Gasteiger partial charge on any atom is 0.313 e. The molecule has 0 saturated carbocycles. The first-order valence-corrected chi connectivity index (χ1v) is 19.9. The molecule has 18 heavy (non-hydrogen) atoms. The van der Waals surface area contributed by atoms with E-state index in [0.717, 1.165) is 0 Å². The smallest absolute Gasteiger partial charge is 0.313 e. The van der Waals surface area contributed by atoms with E-state index in [-0.39, 0.29) is 0 Å². The second kappa shape index (κ2) is 7.64. The molecule has 0 saturated heterocycles. The van der Waals surface area contributed by atoms with E-state index < -0.39 is 44.5 Å². The molecule has 0 aliphatic heterocycles. The monoisotopic (exact) mass is 342 g/mol. The minimum absolute atomic E-state index is 1.00. The first kappa shape index (κ1) is 18.9. The van der Waals surface area contributed by atoms with E-state index in [1.165, 1.54) is 0 Å². The Balaban J connectivity index is 4.36. The Kier molecular flexibility index (Phi) is 8.03. The number of hydrogen-bond acceptors (Lipinski definition) is 4. The van der Waals surface area contributed by atoms with Gasteiger partial charge >= 0.3 is 17.1 Å². The average molecular weight is 343 g/mol. The van der Waals surface area contributed by atoms with Gasteiger partial charge in [0, 0.05) is 0 Å². The van der Waals surface area contributed by atoms with Crippen molar-refractivity contribution in [3.8, 4) is 0 Å². The fraction of sp³-hybridized carbons (Fsp3) is 1.00. The molecule has 0 heterocycles. The first-order chi connectivity index (χ1) is 7.93. The summed E-state index contributed by atoms with van der Waals surface area (Å²) in [5.74, 6) is 0. The van der Waals surface area contributed by atoms with Crippen molar-refractivity contribution in [3.63, 3.8) is 0 Å². The van der Waals surface area contributed by atoms with Crippen molar-refractivity contribution in [1.82, 2.24) is 0 Å². The molecule has 0 aliphatic carbocycles. The van der Waals surface area contributed by atoms with Gasteiger partial charge in [-0.1, -0.05) is 0 Å². The molecule has 110 valence electrons. The van der Waals surface area contributed by atoms with Gasteiger partial charge in [-0.25, -0.2) is 0 Å². The van der Waals surface area contributed by atoms with Crippen LogP contribution < -0.4 is 0 Å². The molecule has 1 atom stereocenters. The third kappa shape index (κ3) is 9.80. The van der Waals surface area contributed by atoms with E-state index in [9.17, 15) is 0 Å². The predicted octanol–water partition coefficient (Wildman–Crippen LogP) is 2.27. The summed E-state index contributed by atoms with van der Waals surface area (Å²) >= 11 is 0. The SMILES string of the molecule is C[SiH](C)O[SiH](C)O[Si](C)(C)O[Si](C)(C)O[SiH](C)C. The van der Waals surface area contributed by atoms with Crippen LogP contribution in [0.5, 0.6) is 0 Å². The van der Waals surface area contributed by atoms with Gasteiger partial charge in [-0.2, -0.15) is 0 Å². The van der Waals surface area contributed by atoms with Gasteiger partial charge in [-0.15, -0.1) is 0 Å². The van der Waals surface area contributed by atoms with Crippen molar-refractivity contribution in [2.75, 3.05) is 0 Å². The first-order valence-electron chi connectivity index (χ1n) is 6.65. The molecule has 4 nitrogen and oxygen atoms in total. The van der Waals surface area contributed by atoms with E-state index in [2.05, 4.69) is 58.9 Å². The second-order valence-corrected chi connectivity index (χ2v) is 20.7. The van der Waals surface area contributed by atoms with Gasteiger partial charge in [0.15, 0.2) is 18.1 Å². The zero-order valence-corrected chi connectivity index (χ0v) is 18.8. The highest BCUT2D eigenvalue weighted by atomic mass is 28.5. The molecule has 0 aliphatic rings. The Morgan fingerprint density at radius 2 is 1.11 bits per heavy atom. The van der Waals surface area contributed by atoms with E-state index >= 15 is 0 Å². The molecule has 0 aromatic heterocycles. The molecular weight excluding hydrogens is 313 g/mol. The molecule has 0 radical (unpaired) electrons. The highest BCUT2D eigenvalue weighted by Crippen LogP contribution is 2.18. The molecule has 0 N–H and O–H groups in total. The summed E-state index contributed by atoms with van der Waals surface area (Å²) in [6.07, 6.45) is 0. The molecule has 0 aromatic carbocycles. The van der Waals surface area contributed by atoms with Crippen LogP contribution in [0.2, 0.25) is 58.9 Å². The minimum Gasteiger partial charge on any atom is -0.442 e. The Morgan fingerprint density at radius 3 is 1.50 bits per heavy atom. The predicted molar refractivity (Wildman–Crippen MR) is 90.1 cm³/mol. The van der Waals surface area contributed by atoms with Crippen LogP contribution in [0, 0.1) is 0 Å². The molecule has 0 bridgehead atoms. The Labute approximate surface area is 120 Å². The standard InChI is InChI=1S/C9H30O4Si5/c1-14(2)10-16(5)12-18(8,9)13-17(6,7)11-15(3)4/h14-16H,1-9H3. The Morgan fingerprint density at radius 1 is 0.667 bits per heavy atom. The fourth-order valence-electron chi connectivity index (χ4n) is 2.02. The van der Waals surface area contributed by atoms with Gasteiger partial charge in [-0.3, -0.25) is 0 Å². The van der Waals surface area contributed by atoms with Crippen LogP contribution in [-0.2, 0) is 16.5 Å². The molecule has 0 aromatic rings. The van der Waals surface area contributed by atoms with Crippen LogP contribution >= 0.6 is 0 Å². The van der Waals surface area contributed by atoms with Gasteiger partial charge in [-0.05, 0) is 58.9 Å². The lowest BCUT2D eigenvalue weighted by Crippen LogP contribution is -2.52. The van der Waals surface area contributed by atoms with Crippen LogP contribution in [-0.4, -0.2) is 44.5 Å². The normalized spacial score (nSPS) is 15.5. The van der Waals surface area contributed by atoms with Gasteiger partial charge < -0.3 is 16.5 Å². The molecular formula is C9H30O4Si5. The maximum atomic E-state index is 6.23. The zero-order chi connectivity index (χ0) is 14.6. The molecule has 0 rings (SSSR count). The van der Waals surface area contributed by atoms with Gasteiger partial charge in [0.05, 0.1) is 0 Å². The van der Waals surface area contributed by atoms with Crippen LogP contribution in [0.4, 0.5) is 0 Å². The summed E-state index contributed by atoms with van der Waals surface area (Å²) in [5, 5.41) is 0. The molecule has 0 spiro atoms. The lowest BCUT2D eigenvalue weighted by molar-refractivity contribution is 0.317. The molecule has 0 amide bonds. The van der Waals surface area contributed by atoms with Crippen molar-refractivity contribution in [2.45, 2.75) is 58.9 Å². The Bertz CT molecular complexity index is 247. The lowest BCUT2D eigenvalue weighted by Gasteiger charge is -2.35. The van der Waals surface area contributed by atoms with Crippen molar-refractivity contribution in [1.29, 1.82) is 0 Å².